The molecule has 15 aromatic rings. The number of rotatable bonds is 27. The van der Waals surface area contributed by atoms with Crippen molar-refractivity contribution < 1.29 is 42.0 Å². The van der Waals surface area contributed by atoms with E-state index in [2.05, 4.69) is 81.1 Å². The van der Waals surface area contributed by atoms with Crippen molar-refractivity contribution >= 4 is 119 Å². The minimum atomic E-state index is -3.63. The standard InChI is InChI=1S/C22H20N4OS.2C16H13NO.C13H14O3S2.C9H6O2.2C6H7N3S.C6H8N2.C6H8OS/c23-20-4-2-1-3-19(20)13-22(27)18-7-5-17(6-8-18)21-14-26(25-24-21)11-9-16-10-12-28-15-16;2*1-2-12-7-9-13(10-8-12)16(18)11-14-5-3-4-6-15(14)17;1-11-2-4-13(5-3-11)18(14,15)16-8-6-12-7-9-17-10-12;1-2-7-3-5-8(6-4-7)9(10)11;2*7-9-8-3-1-6-2-4-10-5-6;7-5-3-1-2-4-6(5)8;7-3-1-6-2-4-8-5-6/h1-8,10,12,14-15H,9,11,13,23H2;2*1,3-10H,11,17H2;2-5,7,9-10H,6,8H2,1H3;1,3-6H,(H,10,11);2*2,4-5H,1,3H2;1-4H,7-8H2;2,4-5,7H,1,3H2. The quantitative estimate of drug-likeness (QED) is 0.00478. The van der Waals surface area contributed by atoms with Crippen LogP contribution in [0.25, 0.3) is 32.1 Å². The summed E-state index contributed by atoms with van der Waals surface area (Å²) in [5.41, 5.74) is 63.4. The van der Waals surface area contributed by atoms with E-state index in [-0.39, 0.29) is 41.0 Å². The van der Waals surface area contributed by atoms with Crippen LogP contribution < -0.4 is 28.7 Å². The molecule has 0 unspecified atom stereocenters. The summed E-state index contributed by atoms with van der Waals surface area (Å²) in [6.07, 6.45) is 22.5. The van der Waals surface area contributed by atoms with Gasteiger partial charge in [-0.1, -0.05) is 166 Å². The minimum Gasteiger partial charge on any atom is -0.478 e. The molecule has 0 aliphatic heterocycles. The SMILES string of the molecule is C#Cc1ccc(C(=O)Cc2ccccc2N)cc1.C#Cc1ccc(C(=O)Cc2ccccc2N)cc1.C#Cc1ccc(C(=O)O)cc1.Cc1ccc(S(=O)(=O)OCCc2ccsc2)cc1.Nc1ccccc1CC(=O)c1ccc(-c2cn(CCc3ccsc3)nn2)cc1.Nc1ccccc1N.OCCc1ccsc1.[N-]=[N+]=NCCc1ccsc1.[N-]=[N+]=NCCc1ccsc1. The van der Waals surface area contributed by atoms with Gasteiger partial charge in [0, 0.05) is 111 Å². The maximum Gasteiger partial charge on any atom is 0.335 e. The van der Waals surface area contributed by atoms with Gasteiger partial charge in [-0.15, -0.1) is 24.4 Å². The number of nitrogens with two attached hydrogens (primary N) is 5. The predicted octanol–water partition coefficient (Wildman–Crippen LogP) is 21.3. The van der Waals surface area contributed by atoms with Gasteiger partial charge < -0.3 is 38.9 Å². The first-order valence-electron chi connectivity index (χ1n) is 39.8. The van der Waals surface area contributed by atoms with Crippen molar-refractivity contribution in [3.63, 3.8) is 0 Å². The maximum absolute atomic E-state index is 12.5. The Labute approximate surface area is 771 Å². The van der Waals surface area contributed by atoms with Crippen molar-refractivity contribution in [1.82, 2.24) is 15.0 Å². The van der Waals surface area contributed by atoms with E-state index in [9.17, 15) is 27.6 Å². The van der Waals surface area contributed by atoms with Gasteiger partial charge in [0.15, 0.2) is 17.3 Å². The third kappa shape index (κ3) is 37.9. The van der Waals surface area contributed by atoms with Gasteiger partial charge in [-0.25, -0.2) is 4.79 Å². The number of aliphatic hydroxyl groups excluding tert-OH is 1. The second kappa shape index (κ2) is 57.0. The van der Waals surface area contributed by atoms with E-state index in [1.807, 2.05) is 166 Å². The summed E-state index contributed by atoms with van der Waals surface area (Å²) in [4.78, 5) is 52.5. The third-order valence-electron chi connectivity index (χ3n) is 18.3. The summed E-state index contributed by atoms with van der Waals surface area (Å²) in [6, 6.07) is 74.0. The second-order valence-electron chi connectivity index (χ2n) is 27.6. The number of nitrogens with zero attached hydrogens (tertiary/aromatic N) is 9. The van der Waals surface area contributed by atoms with Crippen molar-refractivity contribution in [2.24, 2.45) is 10.2 Å². The van der Waals surface area contributed by atoms with Crippen LogP contribution in [0, 0.1) is 44.0 Å². The highest BCUT2D eigenvalue weighted by atomic mass is 32.2. The molecule has 0 saturated heterocycles. The highest BCUT2D eigenvalue weighted by molar-refractivity contribution is 7.86. The van der Waals surface area contributed by atoms with Gasteiger partial charge >= 0.3 is 5.97 Å². The van der Waals surface area contributed by atoms with Gasteiger partial charge in [0.25, 0.3) is 10.1 Å². The number of ketones is 3. The lowest BCUT2D eigenvalue weighted by atomic mass is 10.0. The number of carboxylic acid groups (broad SMARTS) is 1. The van der Waals surface area contributed by atoms with Gasteiger partial charge in [-0.2, -0.15) is 65.1 Å². The van der Waals surface area contributed by atoms with E-state index < -0.39 is 16.1 Å². The van der Waals surface area contributed by atoms with Crippen LogP contribution in [0.5, 0.6) is 0 Å². The van der Waals surface area contributed by atoms with Crippen LogP contribution in [-0.4, -0.2) is 83.2 Å². The first-order chi connectivity index (χ1) is 62.5. The molecule has 0 aliphatic rings. The predicted molar refractivity (Wildman–Crippen MR) is 527 cm³/mol. The Morgan fingerprint density at radius 3 is 1.10 bits per heavy atom. The molecule has 12 N–H and O–H groups in total. The first kappa shape index (κ1) is 101. The lowest BCUT2D eigenvalue weighted by Crippen LogP contribution is -2.09. The molecule has 29 heteroatoms. The molecular formula is C100H96N14O9S6. The number of aromatic carboxylic acids is 1. The zero-order valence-corrected chi connectivity index (χ0v) is 75.5. The van der Waals surface area contributed by atoms with Crippen molar-refractivity contribution in [3.8, 4) is 48.3 Å². The number of aromatic nitrogens is 3. The lowest BCUT2D eigenvalue weighted by Gasteiger charge is -2.05. The Balaban J connectivity index is 0.000000205. The van der Waals surface area contributed by atoms with Crippen LogP contribution in [0.1, 0.15) is 108 Å². The van der Waals surface area contributed by atoms with Gasteiger partial charge in [0.2, 0.25) is 0 Å². The van der Waals surface area contributed by atoms with Gasteiger partial charge in [0.1, 0.15) is 5.69 Å². The number of hydrogen-bond acceptors (Lipinski definition) is 22. The minimum absolute atomic E-state index is 0.0384. The molecule has 15 rings (SSSR count). The summed E-state index contributed by atoms with van der Waals surface area (Å²) in [6.45, 7) is 4.26. The maximum atomic E-state index is 12.5. The number of terminal acetylenes is 3. The molecule has 0 bridgehead atoms. The summed E-state index contributed by atoms with van der Waals surface area (Å²) in [5.74, 6) is 6.63. The fraction of sp³-hybridized carbons (Fsp3) is 0.140. The zero-order valence-electron chi connectivity index (χ0n) is 70.6. The van der Waals surface area contributed by atoms with E-state index in [1.165, 1.54) is 34.4 Å². The number of carbonyl (C=O) groups excluding carboxylic acids is 3. The number of para-hydroxylation sites is 5. The van der Waals surface area contributed by atoms with E-state index in [0.29, 0.717) is 89.5 Å². The molecular weight excluding hydrogens is 1730 g/mol. The van der Waals surface area contributed by atoms with Crippen molar-refractivity contribution in [2.75, 3.05) is 55.0 Å². The summed E-state index contributed by atoms with van der Waals surface area (Å²) in [7, 11) is -3.63. The van der Waals surface area contributed by atoms with Crippen LogP contribution in [0.4, 0.5) is 28.4 Å². The molecule has 0 fully saturated rings. The summed E-state index contributed by atoms with van der Waals surface area (Å²) >= 11 is 8.29. The third-order valence-corrected chi connectivity index (χ3v) is 23.3. The van der Waals surface area contributed by atoms with E-state index in [1.54, 1.807) is 166 Å². The van der Waals surface area contributed by atoms with Crippen molar-refractivity contribution in [3.05, 3.63) is 419 Å². The molecule has 0 spiro atoms. The van der Waals surface area contributed by atoms with E-state index >= 15 is 0 Å². The number of benzene rings is 9. The molecule has 23 nitrogen and oxygen atoms in total. The molecule has 6 heterocycles. The van der Waals surface area contributed by atoms with E-state index in [4.69, 9.17) is 73.4 Å². The Morgan fingerprint density at radius 2 is 0.775 bits per heavy atom. The average molecular weight is 1830 g/mol. The number of hydrogen-bond donors (Lipinski definition) is 7. The van der Waals surface area contributed by atoms with Crippen LogP contribution in [-0.2, 0) is 72.2 Å². The molecule has 0 aliphatic carbocycles. The Hall–Kier alpha value is -14.7. The van der Waals surface area contributed by atoms with Crippen LogP contribution in [0.3, 0.4) is 0 Å². The Morgan fingerprint density at radius 1 is 0.442 bits per heavy atom. The Kier molecular flexibility index (Phi) is 44.8. The average Bonchev–Trinajstić information content (AvgIpc) is 1.81. The Bertz CT molecular complexity index is 6050. The van der Waals surface area contributed by atoms with Crippen LogP contribution >= 0.6 is 56.7 Å². The molecule has 129 heavy (non-hydrogen) atoms. The number of nitrogen functional groups attached to an aromatic ring is 5. The highest BCUT2D eigenvalue weighted by Gasteiger charge is 2.17. The summed E-state index contributed by atoms with van der Waals surface area (Å²) < 4.78 is 30.6. The van der Waals surface area contributed by atoms with Crippen molar-refractivity contribution in [2.45, 2.75) is 69.7 Å². The molecule has 6 aromatic heterocycles. The number of aryl methyl sites for hydroxylation is 3. The van der Waals surface area contributed by atoms with Gasteiger partial charge in [-0.3, -0.25) is 23.2 Å². The molecule has 0 radical (unpaired) electrons. The second-order valence-corrected chi connectivity index (χ2v) is 33.1. The fourth-order valence-corrected chi connectivity index (χ4v) is 15.5. The van der Waals surface area contributed by atoms with Gasteiger partial charge in [-0.05, 0) is 270 Å². The number of aliphatic hydroxyl groups is 1. The topological polar surface area (TPSA) is 410 Å². The highest BCUT2D eigenvalue weighted by Crippen LogP contribution is 2.23. The molecule has 9 aromatic carbocycles. The molecule has 0 amide bonds. The number of carboxylic acids is 1. The summed E-state index contributed by atoms with van der Waals surface area (Å²) in [5, 5.41) is 52.7. The number of thiophene rings is 5. The molecule has 0 saturated carbocycles. The monoisotopic (exact) mass is 1830 g/mol. The number of Topliss-reactive ketones (excluding diaryl/α,β-unsaturated/α-hetero) is 3. The van der Waals surface area contributed by atoms with Crippen molar-refractivity contribution in [1.29, 1.82) is 0 Å². The van der Waals surface area contributed by atoms with E-state index in [0.717, 1.165) is 82.4 Å². The van der Waals surface area contributed by atoms with Gasteiger partial charge in [0.05, 0.1) is 34.6 Å². The molecule has 0 atom stereocenters. The van der Waals surface area contributed by atoms with Crippen LogP contribution in [0.2, 0.25) is 0 Å². The fourth-order valence-electron chi connectivity index (χ4n) is 11.0. The molecule has 656 valence electrons. The normalized spacial score (nSPS) is 9.95. The largest absolute Gasteiger partial charge is 0.478 e. The number of carbonyl (C=O) groups is 4. The lowest BCUT2D eigenvalue weighted by molar-refractivity contribution is 0.0696. The number of azide groups is 2. The van der Waals surface area contributed by atoms with Crippen LogP contribution in [0.15, 0.2) is 324 Å². The zero-order chi connectivity index (χ0) is 92.8. The smallest absolute Gasteiger partial charge is 0.335 e. The first-order valence-corrected chi connectivity index (χ1v) is 45.9. The number of anilines is 5.